The second-order valence-corrected chi connectivity index (χ2v) is 0. The Kier molecular flexibility index (Phi) is 777. The standard InChI is InChI=1S/5ClH.2Li.Pr/h5*1H;;;/q;;;;;2*+1;+3/p-5. The van der Waals surface area contributed by atoms with Gasteiger partial charge in [0.25, 0.3) is 0 Å². The van der Waals surface area contributed by atoms with Gasteiger partial charge < -0.3 is 62.0 Å². The van der Waals surface area contributed by atoms with Crippen molar-refractivity contribution >= 4 is 0 Å². The molecule has 0 unspecified atom stereocenters. The Bertz CT molecular complexity index is 10.4. The summed E-state index contributed by atoms with van der Waals surface area (Å²) in [5.74, 6) is 0. The van der Waals surface area contributed by atoms with Crippen molar-refractivity contribution in [2.75, 3.05) is 0 Å². The molecule has 0 saturated carbocycles. The first kappa shape index (κ1) is 90.6. The molecule has 0 aliphatic rings. The van der Waals surface area contributed by atoms with Gasteiger partial charge in [-0.05, 0) is 0 Å². The monoisotopic (exact) mass is 330 g/mol. The minimum absolute atomic E-state index is 0. The van der Waals surface area contributed by atoms with Crippen molar-refractivity contribution in [1.82, 2.24) is 0 Å². The normalized spacial score (nSPS) is 0. The summed E-state index contributed by atoms with van der Waals surface area (Å²) in [5, 5.41) is 0. The Hall–Kier alpha value is 4.01. The van der Waals surface area contributed by atoms with E-state index >= 15 is 0 Å². The molecule has 0 nitrogen and oxygen atoms in total. The van der Waals surface area contributed by atoms with Crippen LogP contribution in [0, 0.1) is 41.3 Å². The van der Waals surface area contributed by atoms with E-state index in [4.69, 9.17) is 0 Å². The van der Waals surface area contributed by atoms with Crippen molar-refractivity contribution in [3.63, 3.8) is 0 Å². The van der Waals surface area contributed by atoms with E-state index in [0.717, 1.165) is 0 Å². The average molecular weight is 332 g/mol. The molecule has 0 saturated heterocycles. The van der Waals surface area contributed by atoms with Gasteiger partial charge in [0.1, 0.15) is 0 Å². The maximum atomic E-state index is 0. The van der Waals surface area contributed by atoms with E-state index in [9.17, 15) is 0 Å². The van der Waals surface area contributed by atoms with Crippen LogP contribution in [0.1, 0.15) is 0 Å². The summed E-state index contributed by atoms with van der Waals surface area (Å²) in [5.41, 5.74) is 0. The van der Waals surface area contributed by atoms with Crippen LogP contribution in [0.2, 0.25) is 0 Å². The number of hydrogen-bond acceptors (Lipinski definition) is 0. The third-order valence-corrected chi connectivity index (χ3v) is 0. The topological polar surface area (TPSA) is 0 Å². The molecule has 0 heterocycles. The molecular weight excluding hydrogens is 332 g/mol. The second-order valence-electron chi connectivity index (χ2n) is 0. The maximum absolute atomic E-state index is 0. The largest absolute Gasteiger partial charge is 3.00 e. The van der Waals surface area contributed by atoms with Gasteiger partial charge in [-0.2, -0.15) is 0 Å². The molecule has 40 valence electrons. The molecule has 0 rings (SSSR count). The zero-order valence-electron chi connectivity index (χ0n) is 4.47. The molecule has 0 bridgehead atoms. The van der Waals surface area contributed by atoms with Gasteiger partial charge in [-0.3, -0.25) is 0 Å². The summed E-state index contributed by atoms with van der Waals surface area (Å²) >= 11 is 0. The molecular formula is Cl5Li2Pr. The van der Waals surface area contributed by atoms with E-state index in [-0.39, 0.29) is 141 Å². The zero-order valence-corrected chi connectivity index (χ0v) is 12.0. The number of halogens is 5. The van der Waals surface area contributed by atoms with E-state index < -0.39 is 0 Å². The Balaban J connectivity index is 0. The van der Waals surface area contributed by atoms with Gasteiger partial charge in [-0.1, -0.05) is 0 Å². The van der Waals surface area contributed by atoms with Crippen LogP contribution in [0.15, 0.2) is 0 Å². The Morgan fingerprint density at radius 2 is 0.375 bits per heavy atom. The zero-order chi connectivity index (χ0) is 0. The molecule has 0 aliphatic carbocycles. The number of rotatable bonds is 0. The Morgan fingerprint density at radius 1 is 0.375 bits per heavy atom. The summed E-state index contributed by atoms with van der Waals surface area (Å²) in [6.07, 6.45) is 0. The van der Waals surface area contributed by atoms with Gasteiger partial charge in [0, 0.05) is 0 Å². The summed E-state index contributed by atoms with van der Waals surface area (Å²) in [6, 6.07) is 0. The average Bonchev–Trinajstić information content (AvgIpc) is 0. The van der Waals surface area contributed by atoms with Crippen LogP contribution in [-0.4, -0.2) is 0 Å². The fraction of sp³-hybridized carbons (Fsp3) is 0. The van der Waals surface area contributed by atoms with Crippen LogP contribution in [0.5, 0.6) is 0 Å². The summed E-state index contributed by atoms with van der Waals surface area (Å²) in [6.45, 7) is 0. The van der Waals surface area contributed by atoms with E-state index in [0.29, 0.717) is 0 Å². The van der Waals surface area contributed by atoms with Crippen LogP contribution in [0.4, 0.5) is 0 Å². The molecule has 0 aromatic carbocycles. The summed E-state index contributed by atoms with van der Waals surface area (Å²) in [4.78, 5) is 0. The Morgan fingerprint density at radius 3 is 0.375 bits per heavy atom. The van der Waals surface area contributed by atoms with Crippen molar-refractivity contribution in [3.8, 4) is 0 Å². The molecule has 0 radical (unpaired) electrons. The predicted molar refractivity (Wildman–Crippen MR) is 0 cm³/mol. The fourth-order valence-corrected chi connectivity index (χ4v) is 0. The predicted octanol–water partition coefficient (Wildman–Crippen LogP) is -21.0. The van der Waals surface area contributed by atoms with Gasteiger partial charge in [-0.25, -0.2) is 0 Å². The van der Waals surface area contributed by atoms with Crippen molar-refractivity contribution in [1.29, 1.82) is 0 Å². The van der Waals surface area contributed by atoms with Crippen LogP contribution >= 0.6 is 0 Å². The van der Waals surface area contributed by atoms with E-state index in [2.05, 4.69) is 0 Å². The third kappa shape index (κ3) is 50.5. The minimum atomic E-state index is 0. The second kappa shape index (κ2) is 68.6. The maximum Gasteiger partial charge on any atom is 3.00 e. The van der Waals surface area contributed by atoms with E-state index in [1.165, 1.54) is 0 Å². The first-order chi connectivity index (χ1) is 0. The molecule has 8 heteroatoms. The molecule has 0 fully saturated rings. The molecule has 0 atom stereocenters. The molecule has 0 spiro atoms. The fourth-order valence-electron chi connectivity index (χ4n) is 0. The SMILES string of the molecule is [Cl-].[Cl-].[Cl-].[Cl-].[Cl-].[Li+].[Li+].[Pr+3]. The van der Waals surface area contributed by atoms with Crippen LogP contribution in [0.25, 0.3) is 0 Å². The molecule has 0 aliphatic heterocycles. The van der Waals surface area contributed by atoms with Gasteiger partial charge >= 0.3 is 79.0 Å². The number of hydrogen-bond donors (Lipinski definition) is 0. The van der Waals surface area contributed by atoms with E-state index in [1.807, 2.05) is 0 Å². The van der Waals surface area contributed by atoms with Gasteiger partial charge in [0.05, 0.1) is 0 Å². The first-order valence-electron chi connectivity index (χ1n) is 0. The summed E-state index contributed by atoms with van der Waals surface area (Å²) in [7, 11) is 0. The van der Waals surface area contributed by atoms with E-state index in [1.54, 1.807) is 0 Å². The summed E-state index contributed by atoms with van der Waals surface area (Å²) < 4.78 is 0. The van der Waals surface area contributed by atoms with Gasteiger partial charge in [0.2, 0.25) is 0 Å². The van der Waals surface area contributed by atoms with Crippen LogP contribution < -0.4 is 99.8 Å². The van der Waals surface area contributed by atoms with Crippen molar-refractivity contribution in [2.24, 2.45) is 0 Å². The Labute approximate surface area is 138 Å². The smallest absolute Gasteiger partial charge is 1.00 e. The molecule has 8 heavy (non-hydrogen) atoms. The van der Waals surface area contributed by atoms with Gasteiger partial charge in [0.15, 0.2) is 0 Å². The van der Waals surface area contributed by atoms with Crippen LogP contribution in [0.3, 0.4) is 0 Å². The molecule has 0 aromatic heterocycles. The van der Waals surface area contributed by atoms with Gasteiger partial charge in [-0.15, -0.1) is 0 Å². The van der Waals surface area contributed by atoms with Crippen LogP contribution in [-0.2, 0) is 0 Å². The quantitative estimate of drug-likeness (QED) is 0.387. The molecule has 0 amide bonds. The molecule has 0 N–H and O–H groups in total. The van der Waals surface area contributed by atoms with Crippen molar-refractivity contribution < 1.29 is 141 Å². The minimum Gasteiger partial charge on any atom is -1.00 e. The first-order valence-corrected chi connectivity index (χ1v) is 0. The van der Waals surface area contributed by atoms with Crippen molar-refractivity contribution in [3.05, 3.63) is 0 Å². The third-order valence-electron chi connectivity index (χ3n) is 0. The van der Waals surface area contributed by atoms with Crippen molar-refractivity contribution in [2.45, 2.75) is 0 Å². The molecule has 0 aromatic rings.